The van der Waals surface area contributed by atoms with Gasteiger partial charge in [-0.3, -0.25) is 0 Å². The summed E-state index contributed by atoms with van der Waals surface area (Å²) in [5.74, 6) is 0.769. The first kappa shape index (κ1) is 10.3. The van der Waals surface area contributed by atoms with Crippen LogP contribution in [0.15, 0.2) is 22.7 Å². The molecule has 2 rings (SSSR count). The Hall–Kier alpha value is -0.210. The lowest BCUT2D eigenvalue weighted by Gasteiger charge is -2.35. The predicted molar refractivity (Wildman–Crippen MR) is 65.0 cm³/mol. The van der Waals surface area contributed by atoms with Crippen molar-refractivity contribution in [3.8, 4) is 0 Å². The summed E-state index contributed by atoms with van der Waals surface area (Å²) in [4.78, 5) is 0. The molecule has 0 amide bonds. The molecule has 1 aliphatic carbocycles. The van der Waals surface area contributed by atoms with E-state index in [9.17, 15) is 0 Å². The molecule has 0 bridgehead atoms. The fourth-order valence-electron chi connectivity index (χ4n) is 1.69. The second-order valence-electron chi connectivity index (χ2n) is 3.93. The maximum atomic E-state index is 6.09. The van der Waals surface area contributed by atoms with Gasteiger partial charge in [-0.15, -0.1) is 0 Å². The number of nitrogens with one attached hydrogen (secondary N) is 1. The van der Waals surface area contributed by atoms with Crippen molar-refractivity contribution in [3.63, 3.8) is 0 Å². The van der Waals surface area contributed by atoms with Crippen molar-refractivity contribution in [2.24, 2.45) is 5.92 Å². The first-order valence-electron chi connectivity index (χ1n) is 4.88. The van der Waals surface area contributed by atoms with Gasteiger partial charge < -0.3 is 5.32 Å². The topological polar surface area (TPSA) is 12.0 Å². The average Bonchev–Trinajstić information content (AvgIpc) is 2.17. The van der Waals surface area contributed by atoms with Crippen molar-refractivity contribution in [1.82, 2.24) is 0 Å². The van der Waals surface area contributed by atoms with Crippen molar-refractivity contribution in [2.45, 2.75) is 25.8 Å². The standard InChI is InChI=1S/C11H13BrClN/c1-7-2-5-10(7)14-11-6-8(12)3-4-9(11)13/h3-4,6-7,10,14H,2,5H2,1H3. The second kappa shape index (κ2) is 4.11. The summed E-state index contributed by atoms with van der Waals surface area (Å²) >= 11 is 9.53. The Morgan fingerprint density at radius 1 is 1.43 bits per heavy atom. The summed E-state index contributed by atoms with van der Waals surface area (Å²) in [6, 6.07) is 6.50. The highest BCUT2D eigenvalue weighted by molar-refractivity contribution is 9.10. The molecule has 1 aliphatic rings. The van der Waals surface area contributed by atoms with Crippen LogP contribution < -0.4 is 5.32 Å². The second-order valence-corrected chi connectivity index (χ2v) is 5.25. The highest BCUT2D eigenvalue weighted by atomic mass is 79.9. The molecule has 0 saturated heterocycles. The van der Waals surface area contributed by atoms with Crippen LogP contribution in [0.2, 0.25) is 5.02 Å². The third-order valence-electron chi connectivity index (χ3n) is 2.89. The Kier molecular flexibility index (Phi) is 3.03. The number of anilines is 1. The Labute approximate surface area is 98.0 Å². The van der Waals surface area contributed by atoms with Crippen LogP contribution in [0.5, 0.6) is 0 Å². The molecular formula is C11H13BrClN. The summed E-state index contributed by atoms with van der Waals surface area (Å²) in [5, 5.41) is 4.27. The van der Waals surface area contributed by atoms with Crippen LogP contribution in [-0.2, 0) is 0 Å². The zero-order valence-electron chi connectivity index (χ0n) is 8.06. The minimum Gasteiger partial charge on any atom is -0.381 e. The molecule has 1 nitrogen and oxygen atoms in total. The van der Waals surface area contributed by atoms with E-state index in [1.807, 2.05) is 18.2 Å². The van der Waals surface area contributed by atoms with Crippen molar-refractivity contribution < 1.29 is 0 Å². The van der Waals surface area contributed by atoms with Gasteiger partial charge in [0, 0.05) is 10.5 Å². The molecule has 0 radical (unpaired) electrons. The van der Waals surface area contributed by atoms with E-state index in [1.54, 1.807) is 0 Å². The highest BCUT2D eigenvalue weighted by Crippen LogP contribution is 2.33. The van der Waals surface area contributed by atoms with Crippen molar-refractivity contribution in [3.05, 3.63) is 27.7 Å². The van der Waals surface area contributed by atoms with E-state index in [0.29, 0.717) is 6.04 Å². The molecule has 0 aliphatic heterocycles. The number of halogens is 2. The first-order chi connectivity index (χ1) is 6.66. The molecule has 1 N–H and O–H groups in total. The van der Waals surface area contributed by atoms with Gasteiger partial charge in [-0.25, -0.2) is 0 Å². The molecule has 2 atom stereocenters. The third kappa shape index (κ3) is 2.06. The largest absolute Gasteiger partial charge is 0.381 e. The molecule has 76 valence electrons. The zero-order chi connectivity index (χ0) is 10.1. The summed E-state index contributed by atoms with van der Waals surface area (Å²) < 4.78 is 1.07. The van der Waals surface area contributed by atoms with E-state index >= 15 is 0 Å². The van der Waals surface area contributed by atoms with Crippen LogP contribution in [-0.4, -0.2) is 6.04 Å². The minimum absolute atomic E-state index is 0.599. The van der Waals surface area contributed by atoms with Gasteiger partial charge in [-0.05, 0) is 37.0 Å². The van der Waals surface area contributed by atoms with E-state index in [1.165, 1.54) is 12.8 Å². The molecule has 1 fully saturated rings. The number of benzene rings is 1. The first-order valence-corrected chi connectivity index (χ1v) is 6.05. The fourth-order valence-corrected chi connectivity index (χ4v) is 2.22. The zero-order valence-corrected chi connectivity index (χ0v) is 10.4. The van der Waals surface area contributed by atoms with Crippen LogP contribution in [0.1, 0.15) is 19.8 Å². The van der Waals surface area contributed by atoms with Gasteiger partial charge >= 0.3 is 0 Å². The summed E-state index contributed by atoms with van der Waals surface area (Å²) in [7, 11) is 0. The molecule has 2 unspecified atom stereocenters. The maximum Gasteiger partial charge on any atom is 0.0638 e. The van der Waals surface area contributed by atoms with Gasteiger partial charge in [0.25, 0.3) is 0 Å². The monoisotopic (exact) mass is 273 g/mol. The highest BCUT2D eigenvalue weighted by Gasteiger charge is 2.26. The number of rotatable bonds is 2. The van der Waals surface area contributed by atoms with Gasteiger partial charge in [-0.2, -0.15) is 0 Å². The minimum atomic E-state index is 0.599. The van der Waals surface area contributed by atoms with Crippen LogP contribution in [0, 0.1) is 5.92 Å². The Bertz CT molecular complexity index is 340. The summed E-state index contributed by atoms with van der Waals surface area (Å²) in [6.07, 6.45) is 2.58. The van der Waals surface area contributed by atoms with Crippen molar-refractivity contribution in [2.75, 3.05) is 5.32 Å². The van der Waals surface area contributed by atoms with Crippen LogP contribution >= 0.6 is 27.5 Å². The van der Waals surface area contributed by atoms with Crippen molar-refractivity contribution in [1.29, 1.82) is 0 Å². The van der Waals surface area contributed by atoms with Crippen LogP contribution in [0.3, 0.4) is 0 Å². The van der Waals surface area contributed by atoms with Crippen LogP contribution in [0.25, 0.3) is 0 Å². The number of hydrogen-bond acceptors (Lipinski definition) is 1. The van der Waals surface area contributed by atoms with Crippen molar-refractivity contribution >= 4 is 33.2 Å². The SMILES string of the molecule is CC1CCC1Nc1cc(Br)ccc1Cl. The fraction of sp³-hybridized carbons (Fsp3) is 0.455. The maximum absolute atomic E-state index is 6.09. The molecule has 1 saturated carbocycles. The third-order valence-corrected chi connectivity index (χ3v) is 3.71. The summed E-state index contributed by atoms with van der Waals surface area (Å²) in [6.45, 7) is 2.27. The van der Waals surface area contributed by atoms with E-state index in [0.717, 1.165) is 21.1 Å². The van der Waals surface area contributed by atoms with Gasteiger partial charge in [0.15, 0.2) is 0 Å². The molecule has 14 heavy (non-hydrogen) atoms. The average molecular weight is 275 g/mol. The lowest BCUT2D eigenvalue weighted by atomic mass is 9.81. The lowest BCUT2D eigenvalue weighted by Crippen LogP contribution is -2.36. The van der Waals surface area contributed by atoms with Gasteiger partial charge in [0.05, 0.1) is 10.7 Å². The predicted octanol–water partition coefficient (Wildman–Crippen LogP) is 4.31. The lowest BCUT2D eigenvalue weighted by molar-refractivity contribution is 0.303. The molecule has 0 heterocycles. The molecule has 1 aromatic carbocycles. The van der Waals surface area contributed by atoms with Gasteiger partial charge in [-0.1, -0.05) is 34.5 Å². The Morgan fingerprint density at radius 2 is 2.21 bits per heavy atom. The van der Waals surface area contributed by atoms with E-state index < -0.39 is 0 Å². The number of hydrogen-bond donors (Lipinski definition) is 1. The van der Waals surface area contributed by atoms with Gasteiger partial charge in [0.2, 0.25) is 0 Å². The van der Waals surface area contributed by atoms with Crippen LogP contribution in [0.4, 0.5) is 5.69 Å². The van der Waals surface area contributed by atoms with E-state index in [4.69, 9.17) is 11.6 Å². The molecule has 3 heteroatoms. The van der Waals surface area contributed by atoms with E-state index in [-0.39, 0.29) is 0 Å². The Morgan fingerprint density at radius 3 is 2.79 bits per heavy atom. The molecule has 0 spiro atoms. The summed E-state index contributed by atoms with van der Waals surface area (Å²) in [5.41, 5.74) is 1.04. The molecule has 1 aromatic rings. The quantitative estimate of drug-likeness (QED) is 0.847. The molecular weight excluding hydrogens is 261 g/mol. The smallest absolute Gasteiger partial charge is 0.0638 e. The normalized spacial score (nSPS) is 25.6. The van der Waals surface area contributed by atoms with E-state index in [2.05, 4.69) is 28.2 Å². The Balaban J connectivity index is 2.11. The van der Waals surface area contributed by atoms with Gasteiger partial charge in [0.1, 0.15) is 0 Å². The molecule has 0 aromatic heterocycles.